The lowest BCUT2D eigenvalue weighted by molar-refractivity contribution is -0.141. The average Bonchev–Trinajstić information content (AvgIpc) is 2.80. The smallest absolute Gasteiger partial charge is 0.344 e. The molecule has 1 aliphatic heterocycles. The van der Waals surface area contributed by atoms with Gasteiger partial charge in [0, 0.05) is 48.8 Å². The molecule has 2 aromatic heterocycles. The van der Waals surface area contributed by atoms with Crippen molar-refractivity contribution >= 4 is 10.9 Å². The van der Waals surface area contributed by atoms with Gasteiger partial charge in [-0.15, -0.1) is 0 Å². The van der Waals surface area contributed by atoms with Crippen molar-refractivity contribution in [3.8, 4) is 0 Å². The number of benzene rings is 1. The summed E-state index contributed by atoms with van der Waals surface area (Å²) in [5.41, 5.74) is 5.96. The van der Waals surface area contributed by atoms with Gasteiger partial charge in [-0.1, -0.05) is 11.6 Å². The van der Waals surface area contributed by atoms with Crippen molar-refractivity contribution in [2.75, 3.05) is 20.1 Å². The molecule has 29 heavy (non-hydrogen) atoms. The molecule has 0 saturated carbocycles. The first-order valence-electron chi connectivity index (χ1n) is 10.1. The van der Waals surface area contributed by atoms with Crippen LogP contribution in [0, 0.1) is 13.8 Å². The van der Waals surface area contributed by atoms with Crippen LogP contribution < -0.4 is 0 Å². The number of alkyl halides is 3. The van der Waals surface area contributed by atoms with E-state index in [1.54, 1.807) is 6.92 Å². The van der Waals surface area contributed by atoms with E-state index in [-0.39, 0.29) is 0 Å². The third-order valence-corrected chi connectivity index (χ3v) is 6.03. The molecule has 4 rings (SSSR count). The van der Waals surface area contributed by atoms with Crippen LogP contribution in [-0.2, 0) is 32.0 Å². The monoisotopic (exact) mass is 401 g/mol. The number of hydrogen-bond acceptors (Lipinski definition) is 2. The molecule has 0 atom stereocenters. The van der Waals surface area contributed by atoms with E-state index in [1.165, 1.54) is 33.9 Å². The van der Waals surface area contributed by atoms with Gasteiger partial charge in [0.25, 0.3) is 0 Å². The van der Waals surface area contributed by atoms with Gasteiger partial charge >= 0.3 is 6.18 Å². The largest absolute Gasteiger partial charge is 0.433 e. The molecule has 1 aromatic carbocycles. The molecule has 0 unspecified atom stereocenters. The van der Waals surface area contributed by atoms with Gasteiger partial charge in [0.1, 0.15) is 5.69 Å². The van der Waals surface area contributed by atoms with E-state index in [1.807, 2.05) is 0 Å². The Kier molecular flexibility index (Phi) is 5.15. The van der Waals surface area contributed by atoms with E-state index in [0.717, 1.165) is 44.1 Å². The summed E-state index contributed by atoms with van der Waals surface area (Å²) in [6.45, 7) is 6.65. The van der Waals surface area contributed by atoms with Crippen molar-refractivity contribution in [1.29, 1.82) is 0 Å². The summed E-state index contributed by atoms with van der Waals surface area (Å²) >= 11 is 0. The lowest BCUT2D eigenvalue weighted by Crippen LogP contribution is -2.21. The molecule has 3 heterocycles. The van der Waals surface area contributed by atoms with Gasteiger partial charge in [0.05, 0.1) is 0 Å². The van der Waals surface area contributed by atoms with Gasteiger partial charge in [-0.25, -0.2) is 0 Å². The van der Waals surface area contributed by atoms with E-state index >= 15 is 0 Å². The van der Waals surface area contributed by atoms with Crippen LogP contribution in [0.25, 0.3) is 10.9 Å². The standard InChI is InChI=1S/C23H26F3N3/c1-15-4-5-20-19(12-15)18-7-9-28(3)10-8-21(18)29(20)11-6-17-14-27-22(13-16(17)2)23(24,25)26/h4-5,12-14H,6-11H2,1-3H3. The summed E-state index contributed by atoms with van der Waals surface area (Å²) in [6.07, 6.45) is -0.331. The van der Waals surface area contributed by atoms with Crippen LogP contribution in [0.2, 0.25) is 0 Å². The maximum absolute atomic E-state index is 12.9. The molecule has 0 fully saturated rings. The highest BCUT2D eigenvalue weighted by molar-refractivity contribution is 5.86. The lowest BCUT2D eigenvalue weighted by Gasteiger charge is -2.15. The minimum atomic E-state index is -4.40. The predicted octanol–water partition coefficient (Wildman–Crippen LogP) is 4.95. The van der Waals surface area contributed by atoms with E-state index in [4.69, 9.17) is 0 Å². The Morgan fingerprint density at radius 3 is 2.55 bits per heavy atom. The number of fused-ring (bicyclic) bond motifs is 3. The number of pyridine rings is 1. The van der Waals surface area contributed by atoms with Crippen molar-refractivity contribution < 1.29 is 13.2 Å². The molecular formula is C23H26F3N3. The first kappa shape index (κ1) is 20.0. The second kappa shape index (κ2) is 7.48. The number of hydrogen-bond donors (Lipinski definition) is 0. The lowest BCUT2D eigenvalue weighted by atomic mass is 10.1. The second-order valence-electron chi connectivity index (χ2n) is 8.14. The van der Waals surface area contributed by atoms with Crippen LogP contribution in [0.4, 0.5) is 13.2 Å². The number of aromatic nitrogens is 2. The Balaban J connectivity index is 1.68. The van der Waals surface area contributed by atoms with Crippen LogP contribution in [0.5, 0.6) is 0 Å². The third kappa shape index (κ3) is 3.90. The van der Waals surface area contributed by atoms with Crippen LogP contribution in [-0.4, -0.2) is 34.6 Å². The highest BCUT2D eigenvalue weighted by Gasteiger charge is 2.32. The van der Waals surface area contributed by atoms with Crippen molar-refractivity contribution in [2.45, 2.75) is 45.8 Å². The van der Waals surface area contributed by atoms with Gasteiger partial charge in [0.2, 0.25) is 0 Å². The summed E-state index contributed by atoms with van der Waals surface area (Å²) < 4.78 is 41.1. The molecule has 154 valence electrons. The number of nitrogens with zero attached hydrogens (tertiary/aromatic N) is 3. The van der Waals surface area contributed by atoms with Gasteiger partial charge in [-0.2, -0.15) is 13.2 Å². The molecule has 0 radical (unpaired) electrons. The fourth-order valence-electron chi connectivity index (χ4n) is 4.36. The molecule has 0 aliphatic carbocycles. The normalized spacial score (nSPS) is 15.5. The molecule has 1 aliphatic rings. The Morgan fingerprint density at radius 1 is 1.07 bits per heavy atom. The van der Waals surface area contributed by atoms with Crippen LogP contribution in [0.15, 0.2) is 30.5 Å². The average molecular weight is 401 g/mol. The molecule has 3 aromatic rings. The first-order valence-corrected chi connectivity index (χ1v) is 10.1. The van der Waals surface area contributed by atoms with Gasteiger partial charge in [0.15, 0.2) is 0 Å². The maximum Gasteiger partial charge on any atom is 0.433 e. The van der Waals surface area contributed by atoms with Crippen molar-refractivity contribution in [2.24, 2.45) is 0 Å². The summed E-state index contributed by atoms with van der Waals surface area (Å²) in [5, 5.41) is 1.32. The Labute approximate surface area is 169 Å². The Morgan fingerprint density at radius 2 is 1.83 bits per heavy atom. The topological polar surface area (TPSA) is 21.1 Å². The third-order valence-electron chi connectivity index (χ3n) is 6.03. The van der Waals surface area contributed by atoms with E-state index < -0.39 is 11.9 Å². The molecule has 0 amide bonds. The Bertz CT molecular complexity index is 1050. The van der Waals surface area contributed by atoms with Gasteiger partial charge in [-0.05, 0) is 68.6 Å². The molecule has 6 heteroatoms. The molecule has 0 spiro atoms. The number of halogens is 3. The minimum Gasteiger partial charge on any atom is -0.344 e. The number of likely N-dealkylation sites (N-methyl/N-ethyl adjacent to an activating group) is 1. The van der Waals surface area contributed by atoms with Gasteiger partial charge < -0.3 is 9.47 Å². The van der Waals surface area contributed by atoms with E-state index in [2.05, 4.69) is 46.6 Å². The fourth-order valence-corrected chi connectivity index (χ4v) is 4.36. The predicted molar refractivity (Wildman–Crippen MR) is 109 cm³/mol. The number of aryl methyl sites for hydroxylation is 4. The van der Waals surface area contributed by atoms with Crippen LogP contribution >= 0.6 is 0 Å². The first-order chi connectivity index (χ1) is 13.7. The van der Waals surface area contributed by atoms with Gasteiger partial charge in [-0.3, -0.25) is 4.98 Å². The zero-order valence-electron chi connectivity index (χ0n) is 17.1. The number of rotatable bonds is 3. The summed E-state index contributed by atoms with van der Waals surface area (Å²) in [7, 11) is 2.15. The van der Waals surface area contributed by atoms with E-state index in [0.29, 0.717) is 12.0 Å². The van der Waals surface area contributed by atoms with Crippen molar-refractivity contribution in [3.63, 3.8) is 0 Å². The molecule has 0 N–H and O–H groups in total. The highest BCUT2D eigenvalue weighted by atomic mass is 19.4. The maximum atomic E-state index is 12.9. The highest BCUT2D eigenvalue weighted by Crippen LogP contribution is 2.31. The SMILES string of the molecule is Cc1ccc2c(c1)c1c(n2CCc2cnc(C(F)(F)F)cc2C)CCN(C)CC1. The summed E-state index contributed by atoms with van der Waals surface area (Å²) in [6, 6.07) is 7.74. The van der Waals surface area contributed by atoms with Crippen LogP contribution in [0.1, 0.15) is 33.6 Å². The Hall–Kier alpha value is -2.34. The fraction of sp³-hybridized carbons (Fsp3) is 0.435. The summed E-state index contributed by atoms with van der Waals surface area (Å²) in [5.74, 6) is 0. The minimum absolute atomic E-state index is 0.644. The van der Waals surface area contributed by atoms with Crippen molar-refractivity contribution in [1.82, 2.24) is 14.5 Å². The molecular weight excluding hydrogens is 375 g/mol. The second-order valence-corrected chi connectivity index (χ2v) is 8.14. The van der Waals surface area contributed by atoms with Crippen molar-refractivity contribution in [3.05, 3.63) is 64.1 Å². The quantitative estimate of drug-likeness (QED) is 0.620. The molecule has 0 saturated heterocycles. The van der Waals surface area contributed by atoms with Crippen LogP contribution in [0.3, 0.4) is 0 Å². The molecule has 0 bridgehead atoms. The zero-order valence-corrected chi connectivity index (χ0v) is 17.1. The summed E-state index contributed by atoms with van der Waals surface area (Å²) in [4.78, 5) is 6.01. The van der Waals surface area contributed by atoms with E-state index in [9.17, 15) is 13.2 Å². The molecule has 3 nitrogen and oxygen atoms in total. The zero-order chi connectivity index (χ0) is 20.8.